The van der Waals surface area contributed by atoms with E-state index in [0.29, 0.717) is 5.17 Å². The lowest BCUT2D eigenvalue weighted by molar-refractivity contribution is -0.119. The number of fused-ring (bicyclic) bond motifs is 1. The van der Waals surface area contributed by atoms with Crippen LogP contribution in [0.15, 0.2) is 29.3 Å². The van der Waals surface area contributed by atoms with Crippen LogP contribution in [0.3, 0.4) is 0 Å². The zero-order valence-electron chi connectivity index (χ0n) is 17.7. The number of carbonyl (C=O) groups is 2. The van der Waals surface area contributed by atoms with Gasteiger partial charge in [-0.25, -0.2) is 13.2 Å². The molecule has 0 aromatic heterocycles. The molecule has 1 aromatic rings. The minimum Gasteiger partial charge on any atom is -0.444 e. The van der Waals surface area contributed by atoms with E-state index >= 15 is 0 Å². The van der Waals surface area contributed by atoms with Crippen LogP contribution in [0.5, 0.6) is 0 Å². The fraction of sp³-hybridized carbons (Fsp3) is 0.550. The maximum absolute atomic E-state index is 12.7. The van der Waals surface area contributed by atoms with Gasteiger partial charge in [-0.15, -0.1) is 0 Å². The molecule has 3 atom stereocenters. The van der Waals surface area contributed by atoms with Crippen molar-refractivity contribution in [3.63, 3.8) is 0 Å². The number of sulfone groups is 1. The van der Waals surface area contributed by atoms with Crippen LogP contribution in [0.4, 0.5) is 10.5 Å². The summed E-state index contributed by atoms with van der Waals surface area (Å²) >= 11 is 1.30. The monoisotopic (exact) mass is 453 g/mol. The number of aliphatic imine (C=N–C) groups is 1. The number of aryl methyl sites for hydroxylation is 1. The quantitative estimate of drug-likeness (QED) is 0.750. The Kier molecular flexibility index (Phi) is 6.20. The van der Waals surface area contributed by atoms with Crippen LogP contribution in [0.1, 0.15) is 33.3 Å². The fourth-order valence-electron chi connectivity index (χ4n) is 3.31. The number of amidine groups is 1. The van der Waals surface area contributed by atoms with Gasteiger partial charge in [-0.2, -0.15) is 4.99 Å². The predicted molar refractivity (Wildman–Crippen MR) is 119 cm³/mol. The lowest BCUT2D eigenvalue weighted by Gasteiger charge is -2.25. The van der Waals surface area contributed by atoms with E-state index in [4.69, 9.17) is 4.74 Å². The van der Waals surface area contributed by atoms with Crippen molar-refractivity contribution in [1.82, 2.24) is 5.32 Å². The second-order valence-electron chi connectivity index (χ2n) is 8.61. The minimum atomic E-state index is -3.13. The third-order valence-electron chi connectivity index (χ3n) is 4.69. The number of nitrogens with one attached hydrogen (secondary N) is 1. The van der Waals surface area contributed by atoms with Gasteiger partial charge >= 0.3 is 6.09 Å². The molecule has 2 aliphatic heterocycles. The molecule has 0 aliphatic carbocycles. The van der Waals surface area contributed by atoms with E-state index in [2.05, 4.69) is 10.3 Å². The number of hydrogen-bond acceptors (Lipinski definition) is 6. The molecule has 0 unspecified atom stereocenters. The first-order chi connectivity index (χ1) is 13.8. The summed E-state index contributed by atoms with van der Waals surface area (Å²) in [6.07, 6.45) is -0.694. The third-order valence-corrected chi connectivity index (χ3v) is 7.90. The van der Waals surface area contributed by atoms with Crippen molar-refractivity contribution in [3.8, 4) is 0 Å². The van der Waals surface area contributed by atoms with Crippen LogP contribution in [0, 0.1) is 6.92 Å². The molecule has 2 amide bonds. The highest BCUT2D eigenvalue weighted by Crippen LogP contribution is 2.41. The van der Waals surface area contributed by atoms with Crippen LogP contribution < -0.4 is 10.2 Å². The Labute approximate surface area is 181 Å². The summed E-state index contributed by atoms with van der Waals surface area (Å²) in [6, 6.07) is 6.50. The van der Waals surface area contributed by atoms with E-state index in [1.165, 1.54) is 18.7 Å². The molecular formula is C20H27N3O5S2. The molecule has 0 saturated carbocycles. The first kappa shape index (κ1) is 22.6. The largest absolute Gasteiger partial charge is 0.444 e. The maximum atomic E-state index is 12.7. The van der Waals surface area contributed by atoms with Crippen molar-refractivity contribution in [2.24, 2.45) is 4.99 Å². The molecule has 0 radical (unpaired) electrons. The first-order valence-corrected chi connectivity index (χ1v) is 12.4. The molecule has 0 spiro atoms. The number of anilines is 1. The highest BCUT2D eigenvalue weighted by atomic mass is 32.2. The topological polar surface area (TPSA) is 105 Å². The number of benzene rings is 1. The molecule has 30 heavy (non-hydrogen) atoms. The summed E-state index contributed by atoms with van der Waals surface area (Å²) in [4.78, 5) is 30.7. The normalized spacial score (nSPS) is 25.1. The first-order valence-electron chi connectivity index (χ1n) is 9.70. The molecule has 2 heterocycles. The predicted octanol–water partition coefficient (Wildman–Crippen LogP) is 2.51. The van der Waals surface area contributed by atoms with Crippen LogP contribution in [-0.4, -0.2) is 60.0 Å². The van der Waals surface area contributed by atoms with Gasteiger partial charge in [-0.05, 0) is 46.8 Å². The molecule has 1 aromatic carbocycles. The smallest absolute Gasteiger partial charge is 0.408 e. The van der Waals surface area contributed by atoms with Crippen molar-refractivity contribution >= 4 is 44.5 Å². The van der Waals surface area contributed by atoms with Crippen LogP contribution in [0.25, 0.3) is 0 Å². The van der Waals surface area contributed by atoms with Gasteiger partial charge in [0.15, 0.2) is 15.0 Å². The van der Waals surface area contributed by atoms with Crippen LogP contribution in [-0.2, 0) is 19.4 Å². The van der Waals surface area contributed by atoms with Crippen molar-refractivity contribution in [2.75, 3.05) is 16.4 Å². The standard InChI is InChI=1S/C20H27N3O5S2/c1-12-6-8-14(9-7-12)23-15-10-30(26,27)11-16(15)29-18(23)22-17(24)13(2)21-19(25)28-20(3,4)5/h6-9,13,15-16H,10-11H2,1-5H3,(H,21,25)/t13-,15-,16+/m0/s1. The lowest BCUT2D eigenvalue weighted by Crippen LogP contribution is -2.42. The number of alkyl carbamates (subject to hydrolysis) is 1. The second kappa shape index (κ2) is 8.22. The van der Waals surface area contributed by atoms with Crippen molar-refractivity contribution in [1.29, 1.82) is 0 Å². The molecule has 3 rings (SSSR count). The maximum Gasteiger partial charge on any atom is 0.408 e. The molecule has 8 nitrogen and oxygen atoms in total. The highest BCUT2D eigenvalue weighted by Gasteiger charge is 2.49. The summed E-state index contributed by atoms with van der Waals surface area (Å²) in [5, 5.41) is 2.76. The summed E-state index contributed by atoms with van der Waals surface area (Å²) < 4.78 is 29.5. The second-order valence-corrected chi connectivity index (χ2v) is 12.0. The van der Waals surface area contributed by atoms with Crippen LogP contribution >= 0.6 is 11.8 Å². The van der Waals surface area contributed by atoms with Crippen molar-refractivity contribution in [2.45, 2.75) is 57.6 Å². The van der Waals surface area contributed by atoms with Gasteiger partial charge in [0.25, 0.3) is 5.91 Å². The molecule has 1 N–H and O–H groups in total. The van der Waals surface area contributed by atoms with Gasteiger partial charge in [0.05, 0.1) is 17.5 Å². The highest BCUT2D eigenvalue weighted by molar-refractivity contribution is 8.16. The summed E-state index contributed by atoms with van der Waals surface area (Å²) in [7, 11) is -3.13. The number of thioether (sulfide) groups is 1. The van der Waals surface area contributed by atoms with Crippen molar-refractivity contribution < 1.29 is 22.7 Å². The molecule has 10 heteroatoms. The van der Waals surface area contributed by atoms with E-state index in [0.717, 1.165) is 11.3 Å². The Morgan fingerprint density at radius 2 is 1.87 bits per heavy atom. The lowest BCUT2D eigenvalue weighted by atomic mass is 10.1. The number of hydrogen-bond donors (Lipinski definition) is 1. The Morgan fingerprint density at radius 3 is 2.47 bits per heavy atom. The van der Waals surface area contributed by atoms with Gasteiger partial charge in [0.2, 0.25) is 0 Å². The van der Waals surface area contributed by atoms with Crippen molar-refractivity contribution in [3.05, 3.63) is 29.8 Å². The molecule has 2 aliphatic rings. The summed E-state index contributed by atoms with van der Waals surface area (Å²) in [5.41, 5.74) is 1.19. The number of carbonyl (C=O) groups excluding carboxylic acids is 2. The summed E-state index contributed by atoms with van der Waals surface area (Å²) in [6.45, 7) is 8.72. The third kappa shape index (κ3) is 5.34. The SMILES string of the molecule is Cc1ccc(N2C(=NC(=O)[C@H](C)NC(=O)OC(C)(C)C)S[C@@H]3CS(=O)(=O)C[C@@H]32)cc1. The zero-order valence-corrected chi connectivity index (χ0v) is 19.3. The molecule has 164 valence electrons. The Balaban J connectivity index is 1.82. The molecule has 2 fully saturated rings. The van der Waals surface area contributed by atoms with E-state index < -0.39 is 33.5 Å². The Bertz CT molecular complexity index is 967. The van der Waals surface area contributed by atoms with E-state index in [1.807, 2.05) is 36.1 Å². The number of amides is 2. The van der Waals surface area contributed by atoms with Gasteiger partial charge in [0.1, 0.15) is 11.6 Å². The Morgan fingerprint density at radius 1 is 1.23 bits per heavy atom. The molecule has 2 saturated heterocycles. The van der Waals surface area contributed by atoms with Gasteiger partial charge < -0.3 is 15.0 Å². The van der Waals surface area contributed by atoms with Gasteiger partial charge in [-0.3, -0.25) is 4.79 Å². The van der Waals surface area contributed by atoms with Gasteiger partial charge in [-0.1, -0.05) is 29.5 Å². The van der Waals surface area contributed by atoms with Gasteiger partial charge in [0, 0.05) is 10.9 Å². The summed E-state index contributed by atoms with van der Waals surface area (Å²) in [5.74, 6) is -0.440. The van der Waals surface area contributed by atoms with E-state index in [-0.39, 0.29) is 22.8 Å². The number of rotatable bonds is 3. The van der Waals surface area contributed by atoms with E-state index in [1.54, 1.807) is 20.8 Å². The fourth-order valence-corrected chi connectivity index (χ4v) is 7.23. The van der Waals surface area contributed by atoms with E-state index in [9.17, 15) is 18.0 Å². The molecular weight excluding hydrogens is 426 g/mol. The molecule has 0 bridgehead atoms. The zero-order chi connectivity index (χ0) is 22.3. The number of nitrogens with zero attached hydrogens (tertiary/aromatic N) is 2. The Hall–Kier alpha value is -2.07. The average molecular weight is 454 g/mol. The minimum absolute atomic E-state index is 0.0253. The van der Waals surface area contributed by atoms with Crippen LogP contribution in [0.2, 0.25) is 0 Å². The number of ether oxygens (including phenoxy) is 1. The average Bonchev–Trinajstić information content (AvgIpc) is 3.04.